The van der Waals surface area contributed by atoms with Crippen LogP contribution in [0.2, 0.25) is 5.02 Å². The van der Waals surface area contributed by atoms with Gasteiger partial charge in [0.25, 0.3) is 11.7 Å². The van der Waals surface area contributed by atoms with E-state index in [1.165, 1.54) is 6.33 Å². The summed E-state index contributed by atoms with van der Waals surface area (Å²) in [6.45, 7) is 3.56. The van der Waals surface area contributed by atoms with Gasteiger partial charge in [-0.05, 0) is 38.1 Å². The van der Waals surface area contributed by atoms with E-state index in [9.17, 15) is 4.79 Å². The lowest BCUT2D eigenvalue weighted by molar-refractivity contribution is -0.144. The molecule has 1 aromatic carbocycles. The number of hydrogen-bond donors (Lipinski definition) is 0. The molecule has 28 heavy (non-hydrogen) atoms. The Kier molecular flexibility index (Phi) is 4.74. The van der Waals surface area contributed by atoms with Crippen LogP contribution in [-0.4, -0.2) is 35.7 Å². The molecule has 4 rings (SSSR count). The average molecular weight is 399 g/mol. The quantitative estimate of drug-likeness (QED) is 0.472. The largest absolute Gasteiger partial charge is 0.455 e. The molecule has 142 valence electrons. The Morgan fingerprint density at radius 3 is 2.79 bits per heavy atom. The fraction of sp³-hybridized carbons (Fsp3) is 0.222. The summed E-state index contributed by atoms with van der Waals surface area (Å²) in [4.78, 5) is 20.7. The van der Waals surface area contributed by atoms with E-state index >= 15 is 0 Å². The molecule has 0 spiro atoms. The van der Waals surface area contributed by atoms with Gasteiger partial charge in [0.2, 0.25) is 5.89 Å². The third-order valence-electron chi connectivity index (χ3n) is 4.22. The molecule has 0 atom stereocenters. The molecule has 0 aliphatic heterocycles. The molecule has 0 aliphatic carbocycles. The number of carbonyl (C=O) groups is 1. The number of aromatic nitrogens is 6. The predicted octanol–water partition coefficient (Wildman–Crippen LogP) is 2.73. The van der Waals surface area contributed by atoms with Crippen molar-refractivity contribution in [2.45, 2.75) is 26.9 Å². The Bertz CT molecular complexity index is 1150. The monoisotopic (exact) mass is 398 g/mol. The van der Waals surface area contributed by atoms with Crippen molar-refractivity contribution in [2.75, 3.05) is 0 Å². The Labute approximate surface area is 164 Å². The van der Waals surface area contributed by atoms with Crippen molar-refractivity contribution in [2.24, 2.45) is 0 Å². The molecule has 3 aromatic heterocycles. The maximum Gasteiger partial charge on any atom is 0.310 e. The van der Waals surface area contributed by atoms with E-state index in [1.807, 2.05) is 13.8 Å². The van der Waals surface area contributed by atoms with Crippen molar-refractivity contribution < 1.29 is 13.9 Å². The van der Waals surface area contributed by atoms with Crippen LogP contribution in [0.5, 0.6) is 0 Å². The fourth-order valence-corrected chi connectivity index (χ4v) is 2.90. The molecule has 10 heteroatoms. The number of aryl methyl sites for hydroxylation is 2. The third kappa shape index (κ3) is 3.56. The summed E-state index contributed by atoms with van der Waals surface area (Å²) in [5, 5.41) is 12.6. The summed E-state index contributed by atoms with van der Waals surface area (Å²) in [6.07, 6.45) is 1.48. The van der Waals surface area contributed by atoms with Crippen LogP contribution in [0.4, 0.5) is 0 Å². The van der Waals surface area contributed by atoms with Gasteiger partial charge in [-0.1, -0.05) is 11.6 Å². The second-order valence-electron chi connectivity index (χ2n) is 6.08. The lowest BCUT2D eigenvalue weighted by Gasteiger charge is -2.09. The molecule has 0 aliphatic rings. The lowest BCUT2D eigenvalue weighted by atomic mass is 10.1. The lowest BCUT2D eigenvalue weighted by Crippen LogP contribution is -2.13. The Morgan fingerprint density at radius 1 is 1.21 bits per heavy atom. The number of rotatable bonds is 5. The molecule has 0 saturated heterocycles. The molecule has 9 nitrogen and oxygen atoms in total. The zero-order valence-corrected chi connectivity index (χ0v) is 15.8. The summed E-state index contributed by atoms with van der Waals surface area (Å²) in [5.41, 5.74) is 2.97. The topological polar surface area (TPSA) is 108 Å². The normalized spacial score (nSPS) is 11.1. The molecule has 4 aromatic rings. The van der Waals surface area contributed by atoms with E-state index < -0.39 is 5.97 Å². The Morgan fingerprint density at radius 2 is 2.00 bits per heavy atom. The van der Waals surface area contributed by atoms with Gasteiger partial charge in [0.05, 0.1) is 6.42 Å². The van der Waals surface area contributed by atoms with Crippen molar-refractivity contribution in [1.29, 1.82) is 0 Å². The maximum atomic E-state index is 12.3. The highest BCUT2D eigenvalue weighted by Crippen LogP contribution is 2.20. The van der Waals surface area contributed by atoms with Gasteiger partial charge in [0.15, 0.2) is 6.61 Å². The number of ether oxygens (including phenoxy) is 1. The van der Waals surface area contributed by atoms with Crippen LogP contribution in [-0.2, 0) is 22.6 Å². The minimum absolute atomic E-state index is 0.0542. The molecular formula is C18H15ClN6O3. The molecule has 0 fully saturated rings. The first kappa shape index (κ1) is 18.1. The second-order valence-corrected chi connectivity index (χ2v) is 6.51. The van der Waals surface area contributed by atoms with Crippen LogP contribution < -0.4 is 0 Å². The number of hydrogen-bond acceptors (Lipinski definition) is 8. The zero-order chi connectivity index (χ0) is 19.7. The maximum absolute atomic E-state index is 12.3. The number of benzene rings is 1. The molecule has 0 N–H and O–H groups in total. The van der Waals surface area contributed by atoms with Crippen LogP contribution in [0.15, 0.2) is 35.0 Å². The van der Waals surface area contributed by atoms with E-state index in [-0.39, 0.29) is 18.9 Å². The first-order valence-electron chi connectivity index (χ1n) is 8.41. The van der Waals surface area contributed by atoms with Crippen LogP contribution in [0, 0.1) is 13.8 Å². The van der Waals surface area contributed by atoms with Gasteiger partial charge in [0.1, 0.15) is 6.33 Å². The first-order chi connectivity index (χ1) is 13.5. The summed E-state index contributed by atoms with van der Waals surface area (Å²) < 4.78 is 12.4. The van der Waals surface area contributed by atoms with E-state index in [1.54, 1.807) is 28.8 Å². The molecule has 0 saturated carbocycles. The van der Waals surface area contributed by atoms with Crippen LogP contribution in [0.25, 0.3) is 17.2 Å². The van der Waals surface area contributed by atoms with Crippen molar-refractivity contribution in [3.05, 3.63) is 58.5 Å². The molecule has 0 bridgehead atoms. The van der Waals surface area contributed by atoms with Gasteiger partial charge in [0, 0.05) is 27.5 Å². The van der Waals surface area contributed by atoms with Gasteiger partial charge in [-0.15, -0.1) is 10.2 Å². The van der Waals surface area contributed by atoms with Gasteiger partial charge >= 0.3 is 5.97 Å². The summed E-state index contributed by atoms with van der Waals surface area (Å²) in [7, 11) is 0. The van der Waals surface area contributed by atoms with Gasteiger partial charge in [-0.2, -0.15) is 10.1 Å². The van der Waals surface area contributed by atoms with Crippen molar-refractivity contribution in [1.82, 2.24) is 29.8 Å². The first-order valence-corrected chi connectivity index (χ1v) is 8.79. The number of nitrogens with zero attached hydrogens (tertiary/aromatic N) is 6. The molecule has 3 heterocycles. The SMILES string of the molecule is Cc1nc2ncnn2c(C)c1CC(=O)OCc1nnc(-c2ccc(Cl)cc2)o1. The average Bonchev–Trinajstić information content (AvgIpc) is 3.33. The Hall–Kier alpha value is -3.33. The highest BCUT2D eigenvalue weighted by Gasteiger charge is 2.16. The molecular weight excluding hydrogens is 384 g/mol. The third-order valence-corrected chi connectivity index (χ3v) is 4.48. The Balaban J connectivity index is 1.42. The predicted molar refractivity (Wildman–Crippen MR) is 98.5 cm³/mol. The summed E-state index contributed by atoms with van der Waals surface area (Å²) >= 11 is 5.87. The van der Waals surface area contributed by atoms with Crippen LogP contribution in [0.3, 0.4) is 0 Å². The van der Waals surface area contributed by atoms with E-state index in [4.69, 9.17) is 20.8 Å². The minimum Gasteiger partial charge on any atom is -0.455 e. The number of halogens is 1. The minimum atomic E-state index is -0.432. The molecule has 0 amide bonds. The van der Waals surface area contributed by atoms with Crippen LogP contribution >= 0.6 is 11.6 Å². The van der Waals surface area contributed by atoms with Crippen molar-refractivity contribution >= 4 is 23.3 Å². The number of fused-ring (bicyclic) bond motifs is 1. The van der Waals surface area contributed by atoms with E-state index in [0.717, 1.165) is 16.8 Å². The molecule has 0 unspecified atom stereocenters. The standard InChI is InChI=1S/C18H15ClN6O3/c1-10-14(11(2)25-18(22-10)20-9-21-25)7-16(26)27-8-15-23-24-17(28-15)12-3-5-13(19)6-4-12/h3-6,9H,7-8H2,1-2H3. The number of carbonyl (C=O) groups excluding carboxylic acids is 1. The summed E-state index contributed by atoms with van der Waals surface area (Å²) in [6, 6.07) is 6.99. The smallest absolute Gasteiger partial charge is 0.310 e. The van der Waals surface area contributed by atoms with Gasteiger partial charge in [-0.3, -0.25) is 4.79 Å². The number of esters is 1. The van der Waals surface area contributed by atoms with Gasteiger partial charge < -0.3 is 9.15 Å². The zero-order valence-electron chi connectivity index (χ0n) is 15.1. The van der Waals surface area contributed by atoms with E-state index in [0.29, 0.717) is 22.4 Å². The summed E-state index contributed by atoms with van der Waals surface area (Å²) in [5.74, 6) is 0.596. The second kappa shape index (κ2) is 7.35. The molecule has 0 radical (unpaired) electrons. The van der Waals surface area contributed by atoms with Crippen molar-refractivity contribution in [3.8, 4) is 11.5 Å². The highest BCUT2D eigenvalue weighted by atomic mass is 35.5. The van der Waals surface area contributed by atoms with E-state index in [2.05, 4.69) is 25.3 Å². The van der Waals surface area contributed by atoms with Crippen LogP contribution in [0.1, 0.15) is 22.8 Å². The van der Waals surface area contributed by atoms with Crippen molar-refractivity contribution in [3.63, 3.8) is 0 Å². The fourth-order valence-electron chi connectivity index (χ4n) is 2.77. The highest BCUT2D eigenvalue weighted by molar-refractivity contribution is 6.30. The van der Waals surface area contributed by atoms with Gasteiger partial charge in [-0.25, -0.2) is 9.50 Å².